The third kappa shape index (κ3) is 8.48. The van der Waals surface area contributed by atoms with E-state index < -0.39 is 23.3 Å². The topological polar surface area (TPSA) is 83.0 Å². The van der Waals surface area contributed by atoms with Gasteiger partial charge in [0.2, 0.25) is 0 Å². The molecule has 236 valence electrons. The molecule has 2 aliphatic heterocycles. The van der Waals surface area contributed by atoms with Gasteiger partial charge in [0.05, 0.1) is 10.9 Å². The number of hydrogen-bond acceptors (Lipinski definition) is 5. The minimum atomic E-state index is -0.943. The standard InChI is InChI=1S/C34H47ClFN3O4/c1-22(2)26-14-15-27(29(35)30(26)36)28(32(40)41)23-16-20-38(21-17-23)18-8-6-7-11-25-13-12-24-10-9-19-39(31(24)37-25)33(42)43-34(3,4)5/h12-15,22-23,28H,6-11,16-21H2,1-5H3,(H,40,41). The number of aromatic nitrogens is 1. The van der Waals surface area contributed by atoms with Crippen LogP contribution in [0.2, 0.25) is 5.02 Å². The van der Waals surface area contributed by atoms with Gasteiger partial charge in [-0.05, 0) is 120 Å². The summed E-state index contributed by atoms with van der Waals surface area (Å²) in [5.74, 6) is -1.61. The van der Waals surface area contributed by atoms with Crippen LogP contribution >= 0.6 is 11.6 Å². The predicted molar refractivity (Wildman–Crippen MR) is 169 cm³/mol. The van der Waals surface area contributed by atoms with Gasteiger partial charge in [0.15, 0.2) is 0 Å². The fourth-order valence-corrected chi connectivity index (χ4v) is 6.58. The van der Waals surface area contributed by atoms with Crippen molar-refractivity contribution in [3.8, 4) is 0 Å². The molecule has 2 aromatic rings. The number of carboxylic acid groups (broad SMARTS) is 1. The average molecular weight is 616 g/mol. The van der Waals surface area contributed by atoms with Gasteiger partial charge in [0, 0.05) is 12.2 Å². The summed E-state index contributed by atoms with van der Waals surface area (Å²) in [6, 6.07) is 7.57. The predicted octanol–water partition coefficient (Wildman–Crippen LogP) is 7.98. The second-order valence-electron chi connectivity index (χ2n) is 13.4. The van der Waals surface area contributed by atoms with Crippen LogP contribution < -0.4 is 4.90 Å². The van der Waals surface area contributed by atoms with Gasteiger partial charge in [-0.3, -0.25) is 9.69 Å². The molecule has 3 heterocycles. The van der Waals surface area contributed by atoms with Gasteiger partial charge in [-0.2, -0.15) is 0 Å². The number of carbonyl (C=O) groups excluding carboxylic acids is 1. The number of benzene rings is 1. The number of anilines is 1. The zero-order valence-electron chi connectivity index (χ0n) is 26.3. The van der Waals surface area contributed by atoms with E-state index in [-0.39, 0.29) is 23.0 Å². The smallest absolute Gasteiger partial charge is 0.416 e. The normalized spacial score (nSPS) is 17.2. The SMILES string of the molecule is CC(C)c1ccc(C(C(=O)O)C2CCN(CCCCCc3ccc4c(n3)N(C(=O)OC(C)(C)C)CCC4)CC2)c(Cl)c1F. The number of carboxylic acids is 1. The van der Waals surface area contributed by atoms with Crippen LogP contribution in [0.25, 0.3) is 0 Å². The lowest BCUT2D eigenvalue weighted by atomic mass is 9.79. The van der Waals surface area contributed by atoms with Crippen molar-refractivity contribution >= 4 is 29.5 Å². The molecular weight excluding hydrogens is 569 g/mol. The number of fused-ring (bicyclic) bond motifs is 1. The molecule has 7 nitrogen and oxygen atoms in total. The van der Waals surface area contributed by atoms with E-state index in [0.29, 0.717) is 17.7 Å². The van der Waals surface area contributed by atoms with Crippen molar-refractivity contribution in [2.75, 3.05) is 31.1 Å². The van der Waals surface area contributed by atoms with Crippen LogP contribution in [-0.2, 0) is 22.4 Å². The number of halogens is 2. The molecule has 1 atom stereocenters. The lowest BCUT2D eigenvalue weighted by Gasteiger charge is -2.35. The zero-order valence-corrected chi connectivity index (χ0v) is 27.1. The third-order valence-corrected chi connectivity index (χ3v) is 8.97. The highest BCUT2D eigenvalue weighted by Gasteiger charge is 2.35. The van der Waals surface area contributed by atoms with Gasteiger partial charge in [-0.15, -0.1) is 0 Å². The Morgan fingerprint density at radius 2 is 1.77 bits per heavy atom. The number of carbonyl (C=O) groups is 2. The van der Waals surface area contributed by atoms with Gasteiger partial charge in [0.1, 0.15) is 17.2 Å². The van der Waals surface area contributed by atoms with E-state index in [0.717, 1.165) is 88.1 Å². The number of unbranched alkanes of at least 4 members (excludes halogenated alkanes) is 2. The van der Waals surface area contributed by atoms with E-state index in [4.69, 9.17) is 21.3 Å². The van der Waals surface area contributed by atoms with Gasteiger partial charge in [-0.25, -0.2) is 14.2 Å². The van der Waals surface area contributed by atoms with Crippen molar-refractivity contribution in [2.24, 2.45) is 5.92 Å². The molecule has 1 amide bonds. The van der Waals surface area contributed by atoms with Crippen molar-refractivity contribution < 1.29 is 23.8 Å². The molecule has 9 heteroatoms. The molecule has 1 unspecified atom stereocenters. The molecule has 1 fully saturated rings. The first kappa shape index (κ1) is 33.2. The number of nitrogens with zero attached hydrogens (tertiary/aromatic N) is 3. The summed E-state index contributed by atoms with van der Waals surface area (Å²) >= 11 is 6.37. The second-order valence-corrected chi connectivity index (χ2v) is 13.7. The van der Waals surface area contributed by atoms with Crippen molar-refractivity contribution in [1.29, 1.82) is 0 Å². The van der Waals surface area contributed by atoms with Gasteiger partial charge < -0.3 is 14.7 Å². The van der Waals surface area contributed by atoms with Crippen LogP contribution in [0.15, 0.2) is 24.3 Å². The van der Waals surface area contributed by atoms with Crippen LogP contribution in [0, 0.1) is 11.7 Å². The fourth-order valence-electron chi connectivity index (χ4n) is 6.29. The van der Waals surface area contributed by atoms with Crippen molar-refractivity contribution in [3.63, 3.8) is 0 Å². The highest BCUT2D eigenvalue weighted by Crippen LogP contribution is 2.39. The maximum atomic E-state index is 14.9. The highest BCUT2D eigenvalue weighted by molar-refractivity contribution is 6.31. The molecule has 0 spiro atoms. The number of rotatable bonds is 10. The van der Waals surface area contributed by atoms with E-state index >= 15 is 0 Å². The summed E-state index contributed by atoms with van der Waals surface area (Å²) in [6.07, 6.45) is 6.94. The molecule has 43 heavy (non-hydrogen) atoms. The molecule has 2 aliphatic rings. The number of aryl methyl sites for hydroxylation is 2. The second kappa shape index (κ2) is 14.4. The summed E-state index contributed by atoms with van der Waals surface area (Å²) in [6.45, 7) is 12.6. The number of pyridine rings is 1. The molecule has 1 N–H and O–H groups in total. The lowest BCUT2D eigenvalue weighted by Crippen LogP contribution is -2.40. The van der Waals surface area contributed by atoms with Crippen LogP contribution in [0.3, 0.4) is 0 Å². The number of likely N-dealkylation sites (tertiary alicyclic amines) is 1. The van der Waals surface area contributed by atoms with Crippen molar-refractivity contribution in [2.45, 2.75) is 103 Å². The van der Waals surface area contributed by atoms with Crippen LogP contribution in [-0.4, -0.2) is 58.8 Å². The van der Waals surface area contributed by atoms with Gasteiger partial charge in [0.25, 0.3) is 0 Å². The molecule has 0 radical (unpaired) electrons. The molecule has 0 saturated carbocycles. The fraction of sp³-hybridized carbons (Fsp3) is 0.618. The van der Waals surface area contributed by atoms with E-state index in [9.17, 15) is 19.1 Å². The Labute approximate surface area is 260 Å². The van der Waals surface area contributed by atoms with Gasteiger partial charge >= 0.3 is 12.1 Å². The molecule has 1 aromatic heterocycles. The van der Waals surface area contributed by atoms with Crippen LogP contribution in [0.5, 0.6) is 0 Å². The lowest BCUT2D eigenvalue weighted by molar-refractivity contribution is -0.140. The Morgan fingerprint density at radius 3 is 2.42 bits per heavy atom. The Kier molecular flexibility index (Phi) is 11.1. The van der Waals surface area contributed by atoms with E-state index in [1.807, 2.05) is 34.6 Å². The van der Waals surface area contributed by atoms with Crippen molar-refractivity contribution in [1.82, 2.24) is 9.88 Å². The first-order chi connectivity index (χ1) is 20.4. The quantitative estimate of drug-likeness (QED) is 0.273. The average Bonchev–Trinajstić information content (AvgIpc) is 2.94. The molecule has 1 saturated heterocycles. The Hall–Kier alpha value is -2.71. The molecule has 0 aliphatic carbocycles. The summed E-state index contributed by atoms with van der Waals surface area (Å²) in [5, 5.41) is 10.0. The van der Waals surface area contributed by atoms with E-state index in [1.165, 1.54) is 0 Å². The Bertz CT molecular complexity index is 1290. The summed E-state index contributed by atoms with van der Waals surface area (Å²) in [4.78, 5) is 34.0. The highest BCUT2D eigenvalue weighted by atomic mass is 35.5. The zero-order chi connectivity index (χ0) is 31.3. The largest absolute Gasteiger partial charge is 0.481 e. The summed E-state index contributed by atoms with van der Waals surface area (Å²) < 4.78 is 20.5. The monoisotopic (exact) mass is 615 g/mol. The van der Waals surface area contributed by atoms with E-state index in [1.54, 1.807) is 17.0 Å². The van der Waals surface area contributed by atoms with E-state index in [2.05, 4.69) is 17.0 Å². The summed E-state index contributed by atoms with van der Waals surface area (Å²) in [7, 11) is 0. The molecule has 1 aromatic carbocycles. The number of ether oxygens (including phenoxy) is 1. The van der Waals surface area contributed by atoms with Crippen molar-refractivity contribution in [3.05, 3.63) is 57.5 Å². The Morgan fingerprint density at radius 1 is 1.07 bits per heavy atom. The number of amides is 1. The minimum Gasteiger partial charge on any atom is -0.481 e. The maximum Gasteiger partial charge on any atom is 0.416 e. The van der Waals surface area contributed by atoms with Gasteiger partial charge in [-0.1, -0.05) is 50.1 Å². The first-order valence-electron chi connectivity index (χ1n) is 15.8. The maximum absolute atomic E-state index is 14.9. The summed E-state index contributed by atoms with van der Waals surface area (Å²) in [5.41, 5.74) is 2.43. The Balaban J connectivity index is 1.24. The molecule has 4 rings (SSSR count). The molecule has 0 bridgehead atoms. The van der Waals surface area contributed by atoms with Crippen LogP contribution in [0.4, 0.5) is 15.0 Å². The molecular formula is C34H47ClFN3O4. The third-order valence-electron chi connectivity index (χ3n) is 8.59. The number of aliphatic carboxylic acids is 1. The first-order valence-corrected chi connectivity index (χ1v) is 16.2. The van der Waals surface area contributed by atoms with Crippen LogP contribution in [0.1, 0.15) is 107 Å². The minimum absolute atomic E-state index is 0.0261. The number of piperidine rings is 1. The number of hydrogen-bond donors (Lipinski definition) is 1.